The van der Waals surface area contributed by atoms with Crippen LogP contribution in [0.3, 0.4) is 0 Å². The summed E-state index contributed by atoms with van der Waals surface area (Å²) in [5, 5.41) is 0. The fourth-order valence-corrected chi connectivity index (χ4v) is 5.43. The first kappa shape index (κ1) is 9.92. The standard InChI is InChI=1S/C11H16NOP/c1-8-6-7-9(2)14(8)11-5-3-4-10(13)12-11/h3-5,8-9H,6-7H2,1-2H3,(H,12,13). The molecule has 0 aliphatic carbocycles. The Morgan fingerprint density at radius 3 is 2.50 bits per heavy atom. The van der Waals surface area contributed by atoms with Crippen molar-refractivity contribution >= 4 is 13.4 Å². The van der Waals surface area contributed by atoms with Gasteiger partial charge in [-0.25, -0.2) is 0 Å². The van der Waals surface area contributed by atoms with Crippen LogP contribution >= 0.6 is 7.92 Å². The molecule has 0 radical (unpaired) electrons. The van der Waals surface area contributed by atoms with Crippen LogP contribution in [0.25, 0.3) is 0 Å². The number of H-pyrrole nitrogens is 1. The Balaban J connectivity index is 2.34. The van der Waals surface area contributed by atoms with Crippen molar-refractivity contribution < 1.29 is 0 Å². The minimum atomic E-state index is -0.134. The van der Waals surface area contributed by atoms with Gasteiger partial charge < -0.3 is 4.98 Å². The van der Waals surface area contributed by atoms with Crippen LogP contribution in [0.2, 0.25) is 0 Å². The van der Waals surface area contributed by atoms with Crippen molar-refractivity contribution in [1.29, 1.82) is 0 Å². The average molecular weight is 209 g/mol. The van der Waals surface area contributed by atoms with Crippen molar-refractivity contribution in [3.63, 3.8) is 0 Å². The van der Waals surface area contributed by atoms with E-state index in [2.05, 4.69) is 24.9 Å². The van der Waals surface area contributed by atoms with Crippen LogP contribution in [0.5, 0.6) is 0 Å². The van der Waals surface area contributed by atoms with Gasteiger partial charge in [0.1, 0.15) is 0 Å². The molecule has 2 rings (SSSR count). The first-order valence-electron chi connectivity index (χ1n) is 5.16. The second-order valence-electron chi connectivity index (χ2n) is 4.08. The van der Waals surface area contributed by atoms with Crippen LogP contribution in [0.1, 0.15) is 26.7 Å². The van der Waals surface area contributed by atoms with Gasteiger partial charge in [-0.2, -0.15) is 0 Å². The third-order valence-corrected chi connectivity index (χ3v) is 6.22. The smallest absolute Gasteiger partial charge is 0.248 e. The highest BCUT2D eigenvalue weighted by Crippen LogP contribution is 2.53. The van der Waals surface area contributed by atoms with E-state index in [1.807, 2.05) is 6.07 Å². The van der Waals surface area contributed by atoms with Gasteiger partial charge in [0.2, 0.25) is 5.56 Å². The monoisotopic (exact) mass is 209 g/mol. The van der Waals surface area contributed by atoms with E-state index < -0.39 is 0 Å². The molecule has 2 atom stereocenters. The Hall–Kier alpha value is -0.620. The number of hydrogen-bond donors (Lipinski definition) is 1. The van der Waals surface area contributed by atoms with Crippen molar-refractivity contribution in [2.24, 2.45) is 0 Å². The molecule has 1 aromatic heterocycles. The molecule has 2 unspecified atom stereocenters. The van der Waals surface area contributed by atoms with E-state index >= 15 is 0 Å². The van der Waals surface area contributed by atoms with Gasteiger partial charge in [-0.1, -0.05) is 27.8 Å². The first-order valence-corrected chi connectivity index (χ1v) is 6.64. The summed E-state index contributed by atoms with van der Waals surface area (Å²) in [6.45, 7) is 4.61. The van der Waals surface area contributed by atoms with Crippen molar-refractivity contribution in [2.75, 3.05) is 0 Å². The SMILES string of the molecule is CC1CCC(C)P1c1cccc(=O)[nH]1. The fourth-order valence-electron chi connectivity index (χ4n) is 2.26. The summed E-state index contributed by atoms with van der Waals surface area (Å²) in [6.07, 6.45) is 2.62. The zero-order valence-electron chi connectivity index (χ0n) is 8.66. The van der Waals surface area contributed by atoms with Gasteiger partial charge in [0.25, 0.3) is 0 Å². The molecule has 0 saturated carbocycles. The summed E-state index contributed by atoms with van der Waals surface area (Å²) in [5.41, 5.74) is 2.75. The molecule has 3 heteroatoms. The molecule has 14 heavy (non-hydrogen) atoms. The molecule has 0 amide bonds. The Morgan fingerprint density at radius 2 is 1.93 bits per heavy atom. The third-order valence-electron chi connectivity index (χ3n) is 2.98. The molecule has 2 heterocycles. The predicted molar refractivity (Wildman–Crippen MR) is 61.8 cm³/mol. The van der Waals surface area contributed by atoms with E-state index in [1.165, 1.54) is 18.3 Å². The topological polar surface area (TPSA) is 32.9 Å². The summed E-state index contributed by atoms with van der Waals surface area (Å²) in [6, 6.07) is 5.53. The normalized spacial score (nSPS) is 32.0. The Kier molecular flexibility index (Phi) is 2.73. The van der Waals surface area contributed by atoms with Gasteiger partial charge in [-0.05, 0) is 30.2 Å². The maximum absolute atomic E-state index is 11.2. The second-order valence-corrected chi connectivity index (χ2v) is 7.14. The minimum Gasteiger partial charge on any atom is -0.322 e. The fraction of sp³-hybridized carbons (Fsp3) is 0.545. The third kappa shape index (κ3) is 1.76. The maximum atomic E-state index is 11.2. The molecule has 76 valence electrons. The lowest BCUT2D eigenvalue weighted by molar-refractivity contribution is 0.777. The maximum Gasteiger partial charge on any atom is 0.248 e. The molecule has 1 fully saturated rings. The number of pyridine rings is 1. The van der Waals surface area contributed by atoms with Crippen LogP contribution in [0.4, 0.5) is 0 Å². The molecule has 0 bridgehead atoms. The van der Waals surface area contributed by atoms with Crippen LogP contribution < -0.4 is 11.0 Å². The molecular weight excluding hydrogens is 193 g/mol. The summed E-state index contributed by atoms with van der Waals surface area (Å²) < 4.78 is 0. The molecule has 1 saturated heterocycles. The number of aromatic amines is 1. The predicted octanol–water partition coefficient (Wildman–Crippen LogP) is 2.05. The second kappa shape index (κ2) is 3.86. The number of hydrogen-bond acceptors (Lipinski definition) is 1. The minimum absolute atomic E-state index is 0.0382. The van der Waals surface area contributed by atoms with E-state index in [4.69, 9.17) is 0 Å². The van der Waals surface area contributed by atoms with Gasteiger partial charge in [0.15, 0.2) is 0 Å². The lowest BCUT2D eigenvalue weighted by Crippen LogP contribution is -2.21. The molecular formula is C11H16NOP. The number of rotatable bonds is 1. The van der Waals surface area contributed by atoms with Crippen molar-refractivity contribution in [3.05, 3.63) is 28.6 Å². The van der Waals surface area contributed by atoms with Crippen LogP contribution in [0.15, 0.2) is 23.0 Å². The van der Waals surface area contributed by atoms with E-state index in [0.29, 0.717) is 0 Å². The summed E-state index contributed by atoms with van der Waals surface area (Å²) in [7, 11) is -0.134. The van der Waals surface area contributed by atoms with Gasteiger partial charge in [-0.3, -0.25) is 4.79 Å². The van der Waals surface area contributed by atoms with Crippen LogP contribution in [0, 0.1) is 0 Å². The van der Waals surface area contributed by atoms with Gasteiger partial charge >= 0.3 is 0 Å². The molecule has 0 aromatic carbocycles. The molecule has 1 N–H and O–H groups in total. The van der Waals surface area contributed by atoms with Gasteiger partial charge in [0.05, 0.1) is 0 Å². The van der Waals surface area contributed by atoms with E-state index in [1.54, 1.807) is 6.07 Å². The number of nitrogens with one attached hydrogen (secondary N) is 1. The lowest BCUT2D eigenvalue weighted by atomic mass is 10.2. The summed E-state index contributed by atoms with van der Waals surface area (Å²) in [4.78, 5) is 14.2. The van der Waals surface area contributed by atoms with Crippen LogP contribution in [-0.2, 0) is 0 Å². The van der Waals surface area contributed by atoms with Crippen LogP contribution in [-0.4, -0.2) is 16.3 Å². The Bertz CT molecular complexity index is 364. The molecule has 2 nitrogen and oxygen atoms in total. The summed E-state index contributed by atoms with van der Waals surface area (Å²) in [5.74, 6) is 0. The average Bonchev–Trinajstić information content (AvgIpc) is 2.46. The molecule has 1 aliphatic rings. The van der Waals surface area contributed by atoms with Gasteiger partial charge in [0, 0.05) is 11.5 Å². The zero-order chi connectivity index (χ0) is 10.1. The van der Waals surface area contributed by atoms with E-state index in [-0.39, 0.29) is 13.5 Å². The first-order chi connectivity index (χ1) is 6.68. The van der Waals surface area contributed by atoms with E-state index in [9.17, 15) is 4.79 Å². The highest BCUT2D eigenvalue weighted by Gasteiger charge is 2.31. The zero-order valence-corrected chi connectivity index (χ0v) is 9.55. The molecule has 1 aromatic rings. The van der Waals surface area contributed by atoms with Crippen molar-refractivity contribution in [3.8, 4) is 0 Å². The van der Waals surface area contributed by atoms with Crippen molar-refractivity contribution in [1.82, 2.24) is 4.98 Å². The van der Waals surface area contributed by atoms with Gasteiger partial charge in [-0.15, -0.1) is 0 Å². The van der Waals surface area contributed by atoms with E-state index in [0.717, 1.165) is 11.3 Å². The Morgan fingerprint density at radius 1 is 1.29 bits per heavy atom. The largest absolute Gasteiger partial charge is 0.322 e. The highest BCUT2D eigenvalue weighted by atomic mass is 31.1. The van der Waals surface area contributed by atoms with Crippen molar-refractivity contribution in [2.45, 2.75) is 38.0 Å². The lowest BCUT2D eigenvalue weighted by Gasteiger charge is -2.20. The molecule has 1 aliphatic heterocycles. The quantitative estimate of drug-likeness (QED) is 0.705. The Labute approximate surface area is 85.5 Å². The molecule has 0 spiro atoms. The number of aromatic nitrogens is 1. The summed E-state index contributed by atoms with van der Waals surface area (Å²) >= 11 is 0. The highest BCUT2D eigenvalue weighted by molar-refractivity contribution is 7.67.